The van der Waals surface area contributed by atoms with Crippen LogP contribution in [0.2, 0.25) is 0 Å². The van der Waals surface area contributed by atoms with Crippen LogP contribution in [-0.2, 0) is 16.6 Å². The van der Waals surface area contributed by atoms with Gasteiger partial charge in [-0.2, -0.15) is 0 Å². The first-order valence-electron chi connectivity index (χ1n) is 11.1. The fourth-order valence-electron chi connectivity index (χ4n) is 3.67. The standard InChI is InChI=1S/C24H33N3O4S/c1-26(2)32(29,30)23-13-11-22(12-14-23)31-18-15-25-24(28)21-9-7-20(8-10-21)19-27-16-5-3-4-6-17-27/h7-14H,3-6,15-19H2,1-2H3,(H,25,28). The Morgan fingerprint density at radius 1 is 0.969 bits per heavy atom. The number of benzene rings is 2. The highest BCUT2D eigenvalue weighted by Crippen LogP contribution is 2.18. The number of likely N-dealkylation sites (tertiary alicyclic amines) is 1. The van der Waals surface area contributed by atoms with E-state index in [1.807, 2.05) is 24.3 Å². The number of nitrogens with zero attached hydrogens (tertiary/aromatic N) is 2. The van der Waals surface area contributed by atoms with Crippen LogP contribution in [0.1, 0.15) is 41.6 Å². The molecule has 0 radical (unpaired) electrons. The Kier molecular flexibility index (Phi) is 8.67. The minimum atomic E-state index is -3.46. The number of carbonyl (C=O) groups is 1. The van der Waals surface area contributed by atoms with Crippen LogP contribution in [0.4, 0.5) is 0 Å². The molecule has 1 fully saturated rings. The van der Waals surface area contributed by atoms with Crippen LogP contribution in [-0.4, -0.2) is 63.9 Å². The summed E-state index contributed by atoms with van der Waals surface area (Å²) < 4.78 is 30.9. The molecule has 0 bridgehead atoms. The topological polar surface area (TPSA) is 79.0 Å². The van der Waals surface area contributed by atoms with Gasteiger partial charge in [-0.1, -0.05) is 25.0 Å². The molecule has 0 aromatic heterocycles. The minimum absolute atomic E-state index is 0.137. The van der Waals surface area contributed by atoms with Crippen molar-refractivity contribution in [3.63, 3.8) is 0 Å². The molecule has 1 aliphatic heterocycles. The van der Waals surface area contributed by atoms with Crippen molar-refractivity contribution < 1.29 is 17.9 Å². The Balaban J connectivity index is 1.42. The molecule has 0 saturated carbocycles. The minimum Gasteiger partial charge on any atom is -0.492 e. The van der Waals surface area contributed by atoms with E-state index in [2.05, 4.69) is 10.2 Å². The molecule has 1 amide bonds. The monoisotopic (exact) mass is 459 g/mol. The molecule has 0 spiro atoms. The lowest BCUT2D eigenvalue weighted by atomic mass is 10.1. The number of hydrogen-bond donors (Lipinski definition) is 1. The van der Waals surface area contributed by atoms with Crippen LogP contribution < -0.4 is 10.1 Å². The van der Waals surface area contributed by atoms with E-state index < -0.39 is 10.0 Å². The highest BCUT2D eigenvalue weighted by atomic mass is 32.2. The van der Waals surface area contributed by atoms with Gasteiger partial charge in [-0.25, -0.2) is 12.7 Å². The smallest absolute Gasteiger partial charge is 0.251 e. The molecule has 0 atom stereocenters. The van der Waals surface area contributed by atoms with Crippen LogP contribution in [0.25, 0.3) is 0 Å². The quantitative estimate of drug-likeness (QED) is 0.583. The summed E-state index contributed by atoms with van der Waals surface area (Å²) in [5.41, 5.74) is 1.86. The van der Waals surface area contributed by atoms with E-state index in [1.54, 1.807) is 12.1 Å². The van der Waals surface area contributed by atoms with Gasteiger partial charge in [-0.15, -0.1) is 0 Å². The number of rotatable bonds is 9. The Bertz CT molecular complexity index is 965. The molecule has 2 aromatic carbocycles. The summed E-state index contributed by atoms with van der Waals surface area (Å²) in [4.78, 5) is 15.1. The van der Waals surface area contributed by atoms with E-state index in [0.29, 0.717) is 24.5 Å². The fourth-order valence-corrected chi connectivity index (χ4v) is 4.57. The zero-order chi connectivity index (χ0) is 23.0. The Hall–Kier alpha value is -2.42. The van der Waals surface area contributed by atoms with Crippen molar-refractivity contribution in [2.24, 2.45) is 0 Å². The number of sulfonamides is 1. The number of amides is 1. The van der Waals surface area contributed by atoms with Crippen LogP contribution in [0, 0.1) is 0 Å². The summed E-state index contributed by atoms with van der Waals surface area (Å²) in [7, 11) is -0.472. The fraction of sp³-hybridized carbons (Fsp3) is 0.458. The molecular formula is C24H33N3O4S. The second kappa shape index (κ2) is 11.4. The third-order valence-corrected chi connectivity index (χ3v) is 7.41. The van der Waals surface area contributed by atoms with Gasteiger partial charge in [0.15, 0.2) is 0 Å². The average Bonchev–Trinajstić information content (AvgIpc) is 3.06. The molecule has 1 saturated heterocycles. The maximum absolute atomic E-state index is 12.4. The molecule has 3 rings (SSSR count). The van der Waals surface area contributed by atoms with Crippen LogP contribution in [0.15, 0.2) is 53.4 Å². The molecule has 7 nitrogen and oxygen atoms in total. The van der Waals surface area contributed by atoms with Gasteiger partial charge in [0.2, 0.25) is 10.0 Å². The third-order valence-electron chi connectivity index (χ3n) is 5.58. The van der Waals surface area contributed by atoms with Gasteiger partial charge in [0.1, 0.15) is 12.4 Å². The van der Waals surface area contributed by atoms with Gasteiger partial charge in [-0.3, -0.25) is 9.69 Å². The van der Waals surface area contributed by atoms with Gasteiger partial charge < -0.3 is 10.1 Å². The predicted molar refractivity (Wildman–Crippen MR) is 125 cm³/mol. The van der Waals surface area contributed by atoms with Crippen LogP contribution in [0.5, 0.6) is 5.75 Å². The van der Waals surface area contributed by atoms with Crippen molar-refractivity contribution in [1.82, 2.24) is 14.5 Å². The molecule has 0 unspecified atom stereocenters. The first-order chi connectivity index (χ1) is 15.4. The molecule has 1 N–H and O–H groups in total. The molecule has 1 aliphatic rings. The predicted octanol–water partition coefficient (Wildman–Crippen LogP) is 3.12. The average molecular weight is 460 g/mol. The van der Waals surface area contributed by atoms with Crippen molar-refractivity contribution in [1.29, 1.82) is 0 Å². The normalized spacial score (nSPS) is 15.3. The van der Waals surface area contributed by atoms with Crippen LogP contribution >= 0.6 is 0 Å². The van der Waals surface area contributed by atoms with E-state index in [0.717, 1.165) is 19.6 Å². The van der Waals surface area contributed by atoms with Gasteiger partial charge in [0.25, 0.3) is 5.91 Å². The number of hydrogen-bond acceptors (Lipinski definition) is 5. The second-order valence-electron chi connectivity index (χ2n) is 8.25. The molecule has 174 valence electrons. The van der Waals surface area contributed by atoms with Gasteiger partial charge in [-0.05, 0) is 67.9 Å². The lowest BCUT2D eigenvalue weighted by Crippen LogP contribution is -2.28. The number of ether oxygens (including phenoxy) is 1. The molecular weight excluding hydrogens is 426 g/mol. The maximum Gasteiger partial charge on any atom is 0.251 e. The molecule has 2 aromatic rings. The summed E-state index contributed by atoms with van der Waals surface area (Å²) in [6.07, 6.45) is 5.18. The van der Waals surface area contributed by atoms with Gasteiger partial charge in [0, 0.05) is 26.2 Å². The number of nitrogens with one attached hydrogen (secondary N) is 1. The first kappa shape index (κ1) is 24.2. The summed E-state index contributed by atoms with van der Waals surface area (Å²) in [6, 6.07) is 14.0. The highest BCUT2D eigenvalue weighted by molar-refractivity contribution is 7.89. The van der Waals surface area contributed by atoms with E-state index in [9.17, 15) is 13.2 Å². The molecule has 1 heterocycles. The van der Waals surface area contributed by atoms with Gasteiger partial charge in [0.05, 0.1) is 11.4 Å². The summed E-state index contributed by atoms with van der Waals surface area (Å²) in [5.74, 6) is 0.414. The van der Waals surface area contributed by atoms with Crippen LogP contribution in [0.3, 0.4) is 0 Å². The van der Waals surface area contributed by atoms with E-state index >= 15 is 0 Å². The summed E-state index contributed by atoms with van der Waals surface area (Å²) in [6.45, 7) is 3.88. The Morgan fingerprint density at radius 2 is 1.59 bits per heavy atom. The zero-order valence-corrected chi connectivity index (χ0v) is 19.7. The van der Waals surface area contributed by atoms with Crippen molar-refractivity contribution in [3.8, 4) is 5.75 Å². The van der Waals surface area contributed by atoms with E-state index in [1.165, 1.54) is 61.8 Å². The first-order valence-corrected chi connectivity index (χ1v) is 12.5. The summed E-state index contributed by atoms with van der Waals surface area (Å²) >= 11 is 0. The zero-order valence-electron chi connectivity index (χ0n) is 18.9. The van der Waals surface area contributed by atoms with E-state index in [-0.39, 0.29) is 10.8 Å². The van der Waals surface area contributed by atoms with Gasteiger partial charge >= 0.3 is 0 Å². The second-order valence-corrected chi connectivity index (χ2v) is 10.4. The van der Waals surface area contributed by atoms with Crippen molar-refractivity contribution >= 4 is 15.9 Å². The van der Waals surface area contributed by atoms with Crippen molar-refractivity contribution in [2.45, 2.75) is 37.1 Å². The Labute approximate surface area is 191 Å². The highest BCUT2D eigenvalue weighted by Gasteiger charge is 2.16. The molecule has 0 aliphatic carbocycles. The SMILES string of the molecule is CN(C)S(=O)(=O)c1ccc(OCCNC(=O)c2ccc(CN3CCCCCC3)cc2)cc1. The number of carbonyl (C=O) groups excluding carboxylic acids is 1. The van der Waals surface area contributed by atoms with Crippen molar-refractivity contribution in [3.05, 3.63) is 59.7 Å². The van der Waals surface area contributed by atoms with Crippen molar-refractivity contribution in [2.75, 3.05) is 40.3 Å². The summed E-state index contributed by atoms with van der Waals surface area (Å²) in [5, 5.41) is 2.85. The lowest BCUT2D eigenvalue weighted by molar-refractivity contribution is 0.0947. The lowest BCUT2D eigenvalue weighted by Gasteiger charge is -2.19. The molecule has 8 heteroatoms. The van der Waals surface area contributed by atoms with E-state index in [4.69, 9.17) is 4.74 Å². The Morgan fingerprint density at radius 3 is 2.19 bits per heavy atom. The largest absolute Gasteiger partial charge is 0.492 e. The maximum atomic E-state index is 12.4. The third kappa shape index (κ3) is 6.79. The molecule has 32 heavy (non-hydrogen) atoms.